The molecule has 82 valence electrons. The lowest BCUT2D eigenvalue weighted by Gasteiger charge is -2.17. The van der Waals surface area contributed by atoms with Gasteiger partial charge in [0.15, 0.2) is 11.6 Å². The van der Waals surface area contributed by atoms with Crippen LogP contribution in [-0.4, -0.2) is 23.4 Å². The van der Waals surface area contributed by atoms with E-state index in [1.807, 2.05) is 4.90 Å². The van der Waals surface area contributed by atoms with Gasteiger partial charge in [-0.15, -0.1) is 0 Å². The molecule has 15 heavy (non-hydrogen) atoms. The molecule has 2 rings (SSSR count). The van der Waals surface area contributed by atoms with Gasteiger partial charge in [-0.2, -0.15) is 0 Å². The number of anilines is 1. The largest absolute Gasteiger partial charge is 0.354 e. The quantitative estimate of drug-likeness (QED) is 0.772. The summed E-state index contributed by atoms with van der Waals surface area (Å²) in [5, 5.41) is 0.909. The molecule has 0 spiro atoms. The van der Waals surface area contributed by atoms with Crippen molar-refractivity contribution in [3.8, 4) is 0 Å². The third-order valence-corrected chi connectivity index (χ3v) is 3.51. The van der Waals surface area contributed by atoms with Crippen LogP contribution in [0.25, 0.3) is 0 Å². The zero-order valence-corrected chi connectivity index (χ0v) is 9.67. The number of hydrogen-bond acceptors (Lipinski definition) is 2. The molecule has 1 aromatic rings. The molecule has 0 N–H and O–H groups in total. The van der Waals surface area contributed by atoms with Crippen molar-refractivity contribution in [3.05, 3.63) is 23.9 Å². The normalized spacial score (nSPS) is 21.0. The Morgan fingerprint density at radius 3 is 2.93 bits per heavy atom. The van der Waals surface area contributed by atoms with E-state index in [0.29, 0.717) is 5.92 Å². The second kappa shape index (κ2) is 4.43. The molecule has 0 saturated carbocycles. The maximum atomic E-state index is 13.4. The maximum absolute atomic E-state index is 13.4. The van der Waals surface area contributed by atoms with Crippen LogP contribution in [0.15, 0.2) is 12.3 Å². The molecule has 0 aromatic carbocycles. The van der Waals surface area contributed by atoms with Gasteiger partial charge in [0.05, 0.1) is 6.20 Å². The molecule has 0 amide bonds. The summed E-state index contributed by atoms with van der Waals surface area (Å²) >= 11 is 3.41. The highest BCUT2D eigenvalue weighted by atomic mass is 79.9. The molecule has 1 fully saturated rings. The number of halogens is 3. The minimum absolute atomic E-state index is 0.264. The molecule has 1 unspecified atom stereocenters. The van der Waals surface area contributed by atoms with Crippen LogP contribution < -0.4 is 4.90 Å². The van der Waals surface area contributed by atoms with Crippen LogP contribution in [-0.2, 0) is 0 Å². The molecule has 0 radical (unpaired) electrons. The average Bonchev–Trinajstić information content (AvgIpc) is 2.66. The molecule has 1 atom stereocenters. The molecule has 1 aliphatic rings. The summed E-state index contributed by atoms with van der Waals surface area (Å²) in [7, 11) is 0. The number of rotatable bonds is 2. The number of aromatic nitrogens is 1. The molecule has 1 saturated heterocycles. The van der Waals surface area contributed by atoms with E-state index in [0.717, 1.165) is 37.1 Å². The molecule has 0 aliphatic carbocycles. The highest BCUT2D eigenvalue weighted by molar-refractivity contribution is 9.09. The first-order valence-electron chi connectivity index (χ1n) is 4.82. The topological polar surface area (TPSA) is 16.1 Å². The Labute approximate surface area is 95.4 Å². The monoisotopic (exact) mass is 276 g/mol. The zero-order valence-electron chi connectivity index (χ0n) is 8.09. The maximum Gasteiger partial charge on any atom is 0.168 e. The van der Waals surface area contributed by atoms with Gasteiger partial charge in [-0.25, -0.2) is 13.8 Å². The Hall–Kier alpha value is -0.710. The Kier molecular flexibility index (Phi) is 3.19. The molecule has 2 nitrogen and oxygen atoms in total. The molecular formula is C10H11BrF2N2. The fraction of sp³-hybridized carbons (Fsp3) is 0.500. The lowest BCUT2D eigenvalue weighted by atomic mass is 10.2. The van der Waals surface area contributed by atoms with Gasteiger partial charge in [0.2, 0.25) is 0 Å². The Balaban J connectivity index is 2.17. The fourth-order valence-electron chi connectivity index (χ4n) is 1.79. The van der Waals surface area contributed by atoms with E-state index in [1.54, 1.807) is 0 Å². The van der Waals surface area contributed by atoms with Crippen LogP contribution >= 0.6 is 15.9 Å². The second-order valence-corrected chi connectivity index (χ2v) is 4.36. The smallest absolute Gasteiger partial charge is 0.168 e. The standard InChI is InChI=1S/C10H11BrF2N2/c11-4-7-1-2-15(6-7)10-9(13)3-8(12)5-14-10/h3,5,7H,1-2,4,6H2. The molecule has 1 aliphatic heterocycles. The van der Waals surface area contributed by atoms with Crippen molar-refractivity contribution in [3.63, 3.8) is 0 Å². The molecule has 0 bridgehead atoms. The van der Waals surface area contributed by atoms with Crippen LogP contribution in [0.1, 0.15) is 6.42 Å². The average molecular weight is 277 g/mol. The van der Waals surface area contributed by atoms with Crippen LogP contribution in [0.4, 0.5) is 14.6 Å². The van der Waals surface area contributed by atoms with Gasteiger partial charge in [0, 0.05) is 24.5 Å². The second-order valence-electron chi connectivity index (χ2n) is 3.71. The van der Waals surface area contributed by atoms with Crippen molar-refractivity contribution in [2.24, 2.45) is 5.92 Å². The minimum atomic E-state index is -0.632. The van der Waals surface area contributed by atoms with Gasteiger partial charge >= 0.3 is 0 Å². The van der Waals surface area contributed by atoms with Crippen molar-refractivity contribution >= 4 is 21.7 Å². The summed E-state index contributed by atoms with van der Waals surface area (Å²) in [6.07, 6.45) is 2.07. The van der Waals surface area contributed by atoms with E-state index >= 15 is 0 Å². The highest BCUT2D eigenvalue weighted by Gasteiger charge is 2.24. The lowest BCUT2D eigenvalue weighted by Crippen LogP contribution is -2.22. The molecule has 2 heterocycles. The van der Waals surface area contributed by atoms with Gasteiger partial charge in [0.25, 0.3) is 0 Å². The van der Waals surface area contributed by atoms with E-state index in [2.05, 4.69) is 20.9 Å². The van der Waals surface area contributed by atoms with E-state index in [9.17, 15) is 8.78 Å². The van der Waals surface area contributed by atoms with Gasteiger partial charge < -0.3 is 4.90 Å². The van der Waals surface area contributed by atoms with Crippen molar-refractivity contribution in [1.29, 1.82) is 0 Å². The van der Waals surface area contributed by atoms with Crippen LogP contribution in [0.3, 0.4) is 0 Å². The summed E-state index contributed by atoms with van der Waals surface area (Å²) in [4.78, 5) is 5.65. The van der Waals surface area contributed by atoms with E-state index < -0.39 is 11.6 Å². The first-order valence-corrected chi connectivity index (χ1v) is 5.95. The predicted molar refractivity (Wildman–Crippen MR) is 58.3 cm³/mol. The van der Waals surface area contributed by atoms with Crippen LogP contribution in [0.5, 0.6) is 0 Å². The number of nitrogens with zero attached hydrogens (tertiary/aromatic N) is 2. The Morgan fingerprint density at radius 1 is 1.53 bits per heavy atom. The predicted octanol–water partition coefficient (Wildman–Crippen LogP) is 2.58. The minimum Gasteiger partial charge on any atom is -0.354 e. The highest BCUT2D eigenvalue weighted by Crippen LogP contribution is 2.25. The first kappa shape index (κ1) is 10.8. The van der Waals surface area contributed by atoms with E-state index in [1.165, 1.54) is 0 Å². The third-order valence-electron chi connectivity index (χ3n) is 2.59. The van der Waals surface area contributed by atoms with Crippen molar-refractivity contribution < 1.29 is 8.78 Å². The number of pyridine rings is 1. The first-order chi connectivity index (χ1) is 7.20. The lowest BCUT2D eigenvalue weighted by molar-refractivity contribution is 0.569. The summed E-state index contributed by atoms with van der Waals surface area (Å²) < 4.78 is 26.0. The summed E-state index contributed by atoms with van der Waals surface area (Å²) in [5.74, 6) is -0.422. The van der Waals surface area contributed by atoms with E-state index in [-0.39, 0.29) is 5.82 Å². The zero-order chi connectivity index (χ0) is 10.8. The van der Waals surface area contributed by atoms with Gasteiger partial charge in [-0.1, -0.05) is 15.9 Å². The van der Waals surface area contributed by atoms with Gasteiger partial charge in [0.1, 0.15) is 5.82 Å². The van der Waals surface area contributed by atoms with E-state index in [4.69, 9.17) is 0 Å². The summed E-state index contributed by atoms with van der Waals surface area (Å²) in [5.41, 5.74) is 0. The van der Waals surface area contributed by atoms with Crippen LogP contribution in [0, 0.1) is 17.6 Å². The van der Waals surface area contributed by atoms with Crippen LogP contribution in [0.2, 0.25) is 0 Å². The Morgan fingerprint density at radius 2 is 2.33 bits per heavy atom. The number of hydrogen-bond donors (Lipinski definition) is 0. The van der Waals surface area contributed by atoms with Crippen molar-refractivity contribution in [2.45, 2.75) is 6.42 Å². The fourth-order valence-corrected chi connectivity index (χ4v) is 2.32. The summed E-state index contributed by atoms with van der Waals surface area (Å²) in [6, 6.07) is 0.879. The van der Waals surface area contributed by atoms with Gasteiger partial charge in [-0.05, 0) is 12.3 Å². The SMILES string of the molecule is Fc1cnc(N2CCC(CBr)C2)c(F)c1. The molecule has 5 heteroatoms. The molecular weight excluding hydrogens is 266 g/mol. The Bertz CT molecular complexity index is 359. The van der Waals surface area contributed by atoms with Gasteiger partial charge in [-0.3, -0.25) is 0 Å². The summed E-state index contributed by atoms with van der Waals surface area (Å²) in [6.45, 7) is 1.56. The van der Waals surface area contributed by atoms with Crippen molar-refractivity contribution in [2.75, 3.05) is 23.3 Å². The van der Waals surface area contributed by atoms with Crippen molar-refractivity contribution in [1.82, 2.24) is 4.98 Å². The number of alkyl halides is 1. The third kappa shape index (κ3) is 2.27. The molecule has 1 aromatic heterocycles.